The molecule has 1 fully saturated rings. The Balaban J connectivity index is 1.70. The molecule has 0 atom stereocenters. The van der Waals surface area contributed by atoms with E-state index in [2.05, 4.69) is 27.0 Å². The number of likely N-dealkylation sites (N-methyl/N-ethyl adjacent to an activating group) is 1. The Labute approximate surface area is 268 Å². The number of hydrogen-bond donors (Lipinski definition) is 4. The number of pyridine rings is 1. The molecule has 2 heterocycles. The van der Waals surface area contributed by atoms with Crippen molar-refractivity contribution in [3.63, 3.8) is 0 Å². The van der Waals surface area contributed by atoms with E-state index in [-0.39, 0.29) is 32.1 Å². The maximum Gasteiger partial charge on any atom is 0.317 e. The van der Waals surface area contributed by atoms with Crippen LogP contribution in [0.4, 0.5) is 0 Å². The highest BCUT2D eigenvalue weighted by Crippen LogP contribution is 2.12. The minimum Gasteiger partial charge on any atom is -0.484 e. The first kappa shape index (κ1) is 35.9. The van der Waals surface area contributed by atoms with Crippen LogP contribution in [0.2, 0.25) is 0 Å². The molecule has 0 bridgehead atoms. The Kier molecular flexibility index (Phi) is 14.9. The van der Waals surface area contributed by atoms with Gasteiger partial charge in [-0.05, 0) is 43.3 Å². The Morgan fingerprint density at radius 1 is 0.739 bits per heavy atom. The summed E-state index contributed by atoms with van der Waals surface area (Å²) in [6, 6.07) is 10.8. The van der Waals surface area contributed by atoms with Crippen molar-refractivity contribution in [1.82, 2.24) is 29.9 Å². The summed E-state index contributed by atoms with van der Waals surface area (Å²) in [7, 11) is 0. The van der Waals surface area contributed by atoms with E-state index in [1.54, 1.807) is 33.0 Å². The number of aliphatic carboxylic acids is 3. The van der Waals surface area contributed by atoms with Gasteiger partial charge in [0, 0.05) is 82.8 Å². The first-order chi connectivity index (χ1) is 22.1. The molecule has 14 heteroatoms. The molecular formula is C32H42N6O8. The lowest BCUT2D eigenvalue weighted by atomic mass is 10.1. The molecule has 1 aromatic carbocycles. The number of carbonyl (C=O) groups is 4. The number of carbonyl (C=O) groups excluding carboxylic acids is 1. The highest BCUT2D eigenvalue weighted by Gasteiger charge is 2.20. The minimum atomic E-state index is -0.996. The van der Waals surface area contributed by atoms with Crippen LogP contribution < -0.4 is 10.1 Å². The number of benzene rings is 1. The molecule has 248 valence electrons. The van der Waals surface area contributed by atoms with Gasteiger partial charge in [0.1, 0.15) is 5.75 Å². The maximum absolute atomic E-state index is 11.6. The normalized spacial score (nSPS) is 15.8. The van der Waals surface area contributed by atoms with E-state index in [1.807, 2.05) is 31.2 Å². The van der Waals surface area contributed by atoms with Gasteiger partial charge in [-0.1, -0.05) is 11.8 Å². The summed E-state index contributed by atoms with van der Waals surface area (Å²) in [6.45, 7) is 5.45. The quantitative estimate of drug-likeness (QED) is 0.228. The molecule has 1 saturated heterocycles. The minimum absolute atomic E-state index is 0.0593. The third kappa shape index (κ3) is 14.0. The van der Waals surface area contributed by atoms with Gasteiger partial charge in [-0.15, -0.1) is 0 Å². The summed E-state index contributed by atoms with van der Waals surface area (Å²) in [4.78, 5) is 58.0. The first-order valence-corrected chi connectivity index (χ1v) is 15.1. The molecule has 1 aliphatic heterocycles. The molecule has 0 unspecified atom stereocenters. The summed E-state index contributed by atoms with van der Waals surface area (Å²) in [5.41, 5.74) is 2.29. The smallest absolute Gasteiger partial charge is 0.317 e. The largest absolute Gasteiger partial charge is 0.484 e. The van der Waals surface area contributed by atoms with E-state index in [9.17, 15) is 34.5 Å². The van der Waals surface area contributed by atoms with Crippen LogP contribution in [0.25, 0.3) is 0 Å². The highest BCUT2D eigenvalue weighted by atomic mass is 16.5. The molecule has 1 amide bonds. The van der Waals surface area contributed by atoms with Crippen molar-refractivity contribution in [2.75, 3.05) is 85.1 Å². The predicted molar refractivity (Wildman–Crippen MR) is 168 cm³/mol. The van der Waals surface area contributed by atoms with Crippen LogP contribution in [-0.2, 0) is 25.7 Å². The summed E-state index contributed by atoms with van der Waals surface area (Å²) in [5, 5.41) is 30.9. The maximum atomic E-state index is 11.6. The fraction of sp³-hybridized carbons (Fsp3) is 0.469. The van der Waals surface area contributed by atoms with E-state index in [0.717, 1.165) is 16.8 Å². The molecule has 0 radical (unpaired) electrons. The molecule has 3 rings (SSSR count). The lowest BCUT2D eigenvalue weighted by Crippen LogP contribution is -2.48. The second-order valence-electron chi connectivity index (χ2n) is 10.8. The van der Waals surface area contributed by atoms with E-state index >= 15 is 0 Å². The van der Waals surface area contributed by atoms with E-state index in [1.165, 1.54) is 0 Å². The van der Waals surface area contributed by atoms with Crippen molar-refractivity contribution >= 4 is 23.8 Å². The van der Waals surface area contributed by atoms with Crippen molar-refractivity contribution in [2.45, 2.75) is 13.5 Å². The summed E-state index contributed by atoms with van der Waals surface area (Å²) in [5.74, 6) is 3.72. The van der Waals surface area contributed by atoms with Gasteiger partial charge in [-0.2, -0.15) is 0 Å². The fourth-order valence-corrected chi connectivity index (χ4v) is 4.83. The standard InChI is InChI=1S/C32H42N6O8/c1-2-33-29(39)24-46-28-7-5-25(6-8-28)3-4-26-9-10-34-27(19-26)20-35-11-13-36(21-30(40)41)15-17-38(23-32(44)45)18-16-37(14-12-35)22-31(42)43/h5-10,19H,2,11-18,20-24H2,1H3,(H,33,39)(H,40,41)(H,42,43)(H,44,45). The van der Waals surface area contributed by atoms with Gasteiger partial charge in [0.2, 0.25) is 0 Å². The Hall–Kier alpha value is -4.55. The van der Waals surface area contributed by atoms with E-state index in [4.69, 9.17) is 4.74 Å². The zero-order chi connectivity index (χ0) is 33.3. The van der Waals surface area contributed by atoms with Crippen molar-refractivity contribution in [1.29, 1.82) is 0 Å². The average molecular weight is 639 g/mol. The molecule has 1 aromatic heterocycles. The third-order valence-corrected chi connectivity index (χ3v) is 7.16. The Bertz CT molecular complexity index is 1340. The van der Waals surface area contributed by atoms with Crippen LogP contribution in [0, 0.1) is 11.8 Å². The topological polar surface area (TPSA) is 176 Å². The molecule has 46 heavy (non-hydrogen) atoms. The second kappa shape index (κ2) is 19.1. The van der Waals surface area contributed by atoms with Crippen LogP contribution in [0.5, 0.6) is 5.75 Å². The van der Waals surface area contributed by atoms with Gasteiger partial charge in [0.05, 0.1) is 25.3 Å². The number of aromatic nitrogens is 1. The van der Waals surface area contributed by atoms with Crippen LogP contribution in [0.1, 0.15) is 23.7 Å². The fourth-order valence-electron chi connectivity index (χ4n) is 4.83. The van der Waals surface area contributed by atoms with Crippen LogP contribution in [0.3, 0.4) is 0 Å². The number of carboxylic acids is 3. The molecule has 2 aromatic rings. The number of ether oxygens (including phenoxy) is 1. The molecule has 14 nitrogen and oxygen atoms in total. The van der Waals surface area contributed by atoms with Crippen molar-refractivity contribution in [3.05, 3.63) is 59.4 Å². The molecule has 0 spiro atoms. The van der Waals surface area contributed by atoms with Crippen molar-refractivity contribution in [3.8, 4) is 17.6 Å². The highest BCUT2D eigenvalue weighted by molar-refractivity contribution is 5.77. The van der Waals surface area contributed by atoms with Gasteiger partial charge in [-0.3, -0.25) is 43.8 Å². The molecule has 0 aliphatic carbocycles. The lowest BCUT2D eigenvalue weighted by molar-refractivity contribution is -0.140. The van der Waals surface area contributed by atoms with E-state index in [0.29, 0.717) is 71.2 Å². The predicted octanol–water partition coefficient (Wildman–Crippen LogP) is -0.0283. The summed E-state index contributed by atoms with van der Waals surface area (Å²) < 4.78 is 5.48. The summed E-state index contributed by atoms with van der Waals surface area (Å²) in [6.07, 6.45) is 1.68. The molecule has 1 aliphatic rings. The number of nitrogens with one attached hydrogen (secondary N) is 1. The zero-order valence-electron chi connectivity index (χ0n) is 26.1. The molecular weight excluding hydrogens is 596 g/mol. The van der Waals surface area contributed by atoms with Crippen LogP contribution in [0.15, 0.2) is 42.6 Å². The Morgan fingerprint density at radius 2 is 1.22 bits per heavy atom. The number of amides is 1. The van der Waals surface area contributed by atoms with Gasteiger partial charge in [0.25, 0.3) is 5.91 Å². The summed E-state index contributed by atoms with van der Waals surface area (Å²) >= 11 is 0. The van der Waals surface area contributed by atoms with Crippen LogP contribution >= 0.6 is 0 Å². The van der Waals surface area contributed by atoms with Crippen molar-refractivity contribution < 1.29 is 39.2 Å². The molecule has 4 N–H and O–H groups in total. The third-order valence-electron chi connectivity index (χ3n) is 7.16. The zero-order valence-corrected chi connectivity index (χ0v) is 26.1. The first-order valence-electron chi connectivity index (χ1n) is 15.1. The number of hydrogen-bond acceptors (Lipinski definition) is 10. The van der Waals surface area contributed by atoms with Gasteiger partial charge < -0.3 is 25.4 Å². The van der Waals surface area contributed by atoms with Crippen LogP contribution in [-0.4, -0.2) is 149 Å². The number of nitrogens with zero attached hydrogens (tertiary/aromatic N) is 5. The van der Waals surface area contributed by atoms with Gasteiger partial charge >= 0.3 is 17.9 Å². The molecule has 0 saturated carbocycles. The Morgan fingerprint density at radius 3 is 1.70 bits per heavy atom. The lowest BCUT2D eigenvalue weighted by Gasteiger charge is -2.33. The van der Waals surface area contributed by atoms with E-state index < -0.39 is 17.9 Å². The SMILES string of the molecule is CCNC(=O)COc1ccc(C#Cc2ccnc(CN3CCN(CC(=O)O)CCN(CC(=O)O)CCN(CC(=O)O)CC3)c2)cc1. The average Bonchev–Trinajstić information content (AvgIpc) is 3.00. The second-order valence-corrected chi connectivity index (χ2v) is 10.8. The number of rotatable bonds is 12. The number of carboxylic acid groups (broad SMARTS) is 3. The van der Waals surface area contributed by atoms with Crippen molar-refractivity contribution in [2.24, 2.45) is 0 Å². The van der Waals surface area contributed by atoms with Gasteiger partial charge in [-0.25, -0.2) is 0 Å². The van der Waals surface area contributed by atoms with Gasteiger partial charge in [0.15, 0.2) is 6.61 Å². The monoisotopic (exact) mass is 638 g/mol.